The Morgan fingerprint density at radius 3 is 0.608 bits per heavy atom. The summed E-state index contributed by atoms with van der Waals surface area (Å²) in [7, 11) is -11.3. The Balaban J connectivity index is 0.994. The summed E-state index contributed by atoms with van der Waals surface area (Å²) in [6, 6.07) is 70.8. The van der Waals surface area contributed by atoms with Gasteiger partial charge in [-0.2, -0.15) is 0 Å². The topological polar surface area (TPSA) is 154 Å². The molecule has 8 heterocycles. The number of benzene rings is 3. The minimum absolute atomic E-state index is 0.265. The molecule has 0 spiro atoms. The van der Waals surface area contributed by atoms with E-state index in [0.717, 1.165) is 0 Å². The van der Waals surface area contributed by atoms with E-state index in [4.69, 9.17) is 29.9 Å². The lowest BCUT2D eigenvalue weighted by atomic mass is 10.2. The highest BCUT2D eigenvalue weighted by Gasteiger charge is 2.37. The molecule has 0 fully saturated rings. The largest absolute Gasteiger partial charge is 0.305 e. The van der Waals surface area contributed by atoms with Gasteiger partial charge in [-0.15, -0.1) is 0 Å². The van der Waals surface area contributed by atoms with Crippen LogP contribution in [-0.2, 0) is 13.7 Å². The summed E-state index contributed by atoms with van der Waals surface area (Å²) in [6.07, 6.45) is 0. The number of hydrogen-bond donors (Lipinski definition) is 0. The van der Waals surface area contributed by atoms with Crippen LogP contribution in [0.25, 0.3) is 45.6 Å². The Labute approximate surface area is 443 Å². The standard InChI is InChI=1S/C58H39Br2N8O3P3/c59-51-32-10-24-43(61-51)45-26-12-34-53(63-45)72(69,40-18-4-1-5-19-40)55-36-14-28-47(65-55)49-30-16-38-57(67-49)74(71,42-22-8-3-9-23-42)58-39-17-31-50(68-58)48-29-15-37-56(66-48)73(70,41-20-6-2-7-21-41)54-35-13-27-46(64-54)44-25-11-33-52(60)62-44/h1-39H. The minimum Gasteiger partial charge on any atom is -0.305 e. The van der Waals surface area contributed by atoms with Crippen LogP contribution in [0.5, 0.6) is 0 Å². The van der Waals surface area contributed by atoms with Crippen molar-refractivity contribution in [2.75, 3.05) is 0 Å². The highest BCUT2D eigenvalue weighted by atomic mass is 79.9. The zero-order chi connectivity index (χ0) is 50.7. The van der Waals surface area contributed by atoms with Gasteiger partial charge >= 0.3 is 0 Å². The summed E-state index contributed by atoms with van der Waals surface area (Å²) in [6.45, 7) is 0. The lowest BCUT2D eigenvalue weighted by molar-refractivity contribution is 0.590. The maximum atomic E-state index is 16.2. The number of rotatable bonds is 13. The van der Waals surface area contributed by atoms with E-state index in [1.807, 2.05) is 152 Å². The first kappa shape index (κ1) is 48.8. The van der Waals surface area contributed by atoms with Gasteiger partial charge in [0, 0.05) is 15.9 Å². The molecule has 0 radical (unpaired) electrons. The van der Waals surface area contributed by atoms with Crippen LogP contribution < -0.4 is 48.5 Å². The van der Waals surface area contributed by atoms with Gasteiger partial charge in [0.15, 0.2) is 0 Å². The van der Waals surface area contributed by atoms with Crippen LogP contribution in [0.15, 0.2) is 246 Å². The highest BCUT2D eigenvalue weighted by molar-refractivity contribution is 9.10. The van der Waals surface area contributed by atoms with Gasteiger partial charge in [-0.25, -0.2) is 39.9 Å². The summed E-state index contributed by atoms with van der Waals surface area (Å²) < 4.78 is 49.2. The molecule has 11 rings (SSSR count). The van der Waals surface area contributed by atoms with Crippen LogP contribution in [0.3, 0.4) is 0 Å². The quantitative estimate of drug-likeness (QED) is 0.0801. The molecule has 74 heavy (non-hydrogen) atoms. The van der Waals surface area contributed by atoms with E-state index in [0.29, 0.717) is 92.4 Å². The Morgan fingerprint density at radius 1 is 0.216 bits per heavy atom. The molecule has 3 aromatic carbocycles. The van der Waals surface area contributed by atoms with Crippen molar-refractivity contribution in [2.24, 2.45) is 0 Å². The number of nitrogens with zero attached hydrogens (tertiary/aromatic N) is 8. The minimum atomic E-state index is -3.85. The van der Waals surface area contributed by atoms with E-state index in [1.54, 1.807) is 84.9 Å². The van der Waals surface area contributed by atoms with E-state index in [2.05, 4.69) is 41.8 Å². The average molecular weight is 1150 g/mol. The Bertz CT molecular complexity index is 3790. The van der Waals surface area contributed by atoms with Crippen molar-refractivity contribution in [3.05, 3.63) is 246 Å². The van der Waals surface area contributed by atoms with Gasteiger partial charge in [0.05, 0.1) is 45.6 Å². The third kappa shape index (κ3) is 9.38. The lowest BCUT2D eigenvalue weighted by Gasteiger charge is -2.21. The second kappa shape index (κ2) is 20.8. The number of hydrogen-bond acceptors (Lipinski definition) is 11. The van der Waals surface area contributed by atoms with Gasteiger partial charge in [-0.1, -0.05) is 140 Å². The second-order valence-corrected chi connectivity index (χ2v) is 26.4. The summed E-state index contributed by atoms with van der Waals surface area (Å²) in [5.74, 6) is 0. The zero-order valence-corrected chi connectivity index (χ0v) is 44.8. The van der Waals surface area contributed by atoms with Gasteiger partial charge in [-0.3, -0.25) is 0 Å². The number of aromatic nitrogens is 8. The van der Waals surface area contributed by atoms with Crippen molar-refractivity contribution in [1.29, 1.82) is 0 Å². The van der Waals surface area contributed by atoms with Crippen LogP contribution in [0.4, 0.5) is 0 Å². The Hall–Kier alpha value is -7.49. The Kier molecular flexibility index (Phi) is 13.7. The molecule has 358 valence electrons. The van der Waals surface area contributed by atoms with E-state index in [-0.39, 0.29) is 10.9 Å². The number of halogens is 2. The third-order valence-corrected chi connectivity index (χ3v) is 21.5. The van der Waals surface area contributed by atoms with E-state index < -0.39 is 21.4 Å². The van der Waals surface area contributed by atoms with Crippen LogP contribution >= 0.6 is 53.3 Å². The molecule has 11 nitrogen and oxygen atoms in total. The summed E-state index contributed by atoms with van der Waals surface area (Å²) >= 11 is 6.92. The maximum Gasteiger partial charge on any atom is 0.206 e. The predicted molar refractivity (Wildman–Crippen MR) is 304 cm³/mol. The molecule has 16 heteroatoms. The lowest BCUT2D eigenvalue weighted by Crippen LogP contribution is -2.30. The van der Waals surface area contributed by atoms with Gasteiger partial charge in [0.25, 0.3) is 0 Å². The van der Waals surface area contributed by atoms with Crippen molar-refractivity contribution in [1.82, 2.24) is 39.9 Å². The van der Waals surface area contributed by atoms with E-state index >= 15 is 13.7 Å². The fourth-order valence-corrected chi connectivity index (χ4v) is 16.6. The van der Waals surface area contributed by atoms with Crippen molar-refractivity contribution < 1.29 is 13.7 Å². The smallest absolute Gasteiger partial charge is 0.206 e. The van der Waals surface area contributed by atoms with Gasteiger partial charge in [0.1, 0.15) is 41.8 Å². The SMILES string of the molecule is O=P(c1ccccc1)(c1cccc(-c2cccc(Br)n2)n1)c1cccc(-c2cccc(P(=O)(c3ccccc3)c3cccc(-c4cccc(P(=O)(c5ccccc5)c5cccc(-c6cccc(Br)n6)n5)n4)n3)n2)n1. The first-order valence-electron chi connectivity index (χ1n) is 23.2. The molecule has 0 aliphatic carbocycles. The number of pyridine rings is 8. The summed E-state index contributed by atoms with van der Waals surface area (Å²) in [5.41, 5.74) is 5.85. The van der Waals surface area contributed by atoms with Crippen LogP contribution in [0, 0.1) is 0 Å². The summed E-state index contributed by atoms with van der Waals surface area (Å²) in [4.78, 5) is 39.4. The van der Waals surface area contributed by atoms with Gasteiger partial charge in [0.2, 0.25) is 21.4 Å². The van der Waals surface area contributed by atoms with Crippen molar-refractivity contribution in [3.8, 4) is 45.6 Å². The molecule has 0 aliphatic heterocycles. The molecule has 0 N–H and O–H groups in total. The van der Waals surface area contributed by atoms with E-state index in [9.17, 15) is 0 Å². The first-order valence-corrected chi connectivity index (χ1v) is 29.9. The molecule has 0 aliphatic rings. The van der Waals surface area contributed by atoms with Gasteiger partial charge in [-0.05, 0) is 129 Å². The van der Waals surface area contributed by atoms with Crippen LogP contribution in [-0.4, -0.2) is 39.9 Å². The molecule has 2 atom stereocenters. The van der Waals surface area contributed by atoms with Crippen molar-refractivity contribution >= 4 is 102 Å². The molecule has 0 saturated carbocycles. The molecule has 0 amide bonds. The second-order valence-electron chi connectivity index (χ2n) is 16.8. The van der Waals surface area contributed by atoms with Crippen LogP contribution in [0.1, 0.15) is 0 Å². The normalized spacial score (nSPS) is 13.8. The van der Waals surface area contributed by atoms with Crippen LogP contribution in [0.2, 0.25) is 0 Å². The Morgan fingerprint density at radius 2 is 0.405 bits per heavy atom. The molecule has 0 saturated heterocycles. The fourth-order valence-electron chi connectivity index (χ4n) is 8.61. The van der Waals surface area contributed by atoms with E-state index in [1.165, 1.54) is 0 Å². The molecular weight excluding hydrogens is 1110 g/mol. The van der Waals surface area contributed by atoms with Crippen molar-refractivity contribution in [2.45, 2.75) is 0 Å². The molecule has 11 aromatic rings. The van der Waals surface area contributed by atoms with Crippen molar-refractivity contribution in [3.63, 3.8) is 0 Å². The average Bonchev–Trinajstić information content (AvgIpc) is 3.47. The first-order chi connectivity index (χ1) is 36.1. The van der Waals surface area contributed by atoms with Gasteiger partial charge < -0.3 is 13.7 Å². The zero-order valence-electron chi connectivity index (χ0n) is 38.9. The fraction of sp³-hybridized carbons (Fsp3) is 0. The maximum absolute atomic E-state index is 16.2. The molecular formula is C58H39Br2N8O3P3. The summed E-state index contributed by atoms with van der Waals surface area (Å²) in [5, 5.41) is 1.62. The monoisotopic (exact) mass is 1150 g/mol. The molecule has 0 bridgehead atoms. The molecule has 2 unspecified atom stereocenters. The molecule has 8 aromatic heterocycles. The predicted octanol–water partition coefficient (Wildman–Crippen LogP) is 9.96. The highest BCUT2D eigenvalue weighted by Crippen LogP contribution is 2.45. The third-order valence-electron chi connectivity index (χ3n) is 12.2.